The molecule has 2 bridgehead atoms. The van der Waals surface area contributed by atoms with Gasteiger partial charge in [-0.05, 0) is 87.3 Å². The number of rotatable bonds is 9. The molecule has 2 aromatic rings. The lowest BCUT2D eigenvalue weighted by Crippen LogP contribution is -2.40. The highest BCUT2D eigenvalue weighted by molar-refractivity contribution is 8.00. The van der Waals surface area contributed by atoms with Crippen LogP contribution in [-0.4, -0.2) is 35.6 Å². The quantitative estimate of drug-likeness (QED) is 0.298. The van der Waals surface area contributed by atoms with Gasteiger partial charge in [0.1, 0.15) is 5.82 Å². The van der Waals surface area contributed by atoms with E-state index in [1.54, 1.807) is 24.3 Å². The van der Waals surface area contributed by atoms with Crippen LogP contribution < -0.4 is 5.32 Å². The standard InChI is InChI=1S/C27H30FNO4S/c1-16(23-14-18-7-8-20(23)13-18)29-25(30)15-34-24-6-4-3-5-22(24)27(32)33-17(2)26(31)19-9-11-21(28)12-10-19/h3-6,9-12,16-18,20,23H,7-8,13-15H2,1-2H3,(H,29,30)/t16-,17+,18+,20+,23-/m1/s1. The van der Waals surface area contributed by atoms with E-state index in [1.807, 2.05) is 0 Å². The molecule has 0 spiro atoms. The molecule has 0 aliphatic heterocycles. The minimum absolute atomic E-state index is 0.0525. The van der Waals surface area contributed by atoms with E-state index < -0.39 is 23.7 Å². The molecule has 2 saturated carbocycles. The number of halogens is 1. The second-order valence-corrected chi connectivity index (χ2v) is 10.4. The van der Waals surface area contributed by atoms with E-state index in [0.717, 1.165) is 11.8 Å². The number of ketones is 1. The molecular weight excluding hydrogens is 453 g/mol. The maximum atomic E-state index is 13.1. The molecule has 0 saturated heterocycles. The summed E-state index contributed by atoms with van der Waals surface area (Å²) in [7, 11) is 0. The third-order valence-electron chi connectivity index (χ3n) is 7.07. The van der Waals surface area contributed by atoms with Gasteiger partial charge in [-0.25, -0.2) is 9.18 Å². The Hall–Kier alpha value is -2.67. The van der Waals surface area contributed by atoms with E-state index in [1.165, 1.54) is 68.6 Å². The maximum Gasteiger partial charge on any atom is 0.339 e. The van der Waals surface area contributed by atoms with Crippen molar-refractivity contribution in [3.8, 4) is 0 Å². The predicted octanol–water partition coefficient (Wildman–Crippen LogP) is 5.29. The summed E-state index contributed by atoms with van der Waals surface area (Å²) in [6, 6.07) is 12.2. The number of carbonyl (C=O) groups is 3. The molecule has 0 heterocycles. The maximum absolute atomic E-state index is 13.1. The number of amides is 1. The Morgan fingerprint density at radius 3 is 2.47 bits per heavy atom. The van der Waals surface area contributed by atoms with E-state index in [4.69, 9.17) is 4.74 Å². The lowest BCUT2D eigenvalue weighted by molar-refractivity contribution is -0.119. The number of benzene rings is 2. The number of thioether (sulfide) groups is 1. The SMILES string of the molecule is C[C@H](OC(=O)c1ccccc1SCC(=O)N[C@H](C)[C@H]1C[C@H]2CC[C@H]1C2)C(=O)c1ccc(F)cc1. The van der Waals surface area contributed by atoms with Crippen molar-refractivity contribution < 1.29 is 23.5 Å². The summed E-state index contributed by atoms with van der Waals surface area (Å²) >= 11 is 1.28. The average Bonchev–Trinajstić information content (AvgIpc) is 3.47. The number of ether oxygens (including phenoxy) is 1. The van der Waals surface area contributed by atoms with Crippen molar-refractivity contribution in [2.45, 2.75) is 56.6 Å². The summed E-state index contributed by atoms with van der Waals surface area (Å²) in [5.74, 6) is 0.787. The molecule has 1 N–H and O–H groups in total. The molecule has 2 fully saturated rings. The van der Waals surface area contributed by atoms with Gasteiger partial charge >= 0.3 is 5.97 Å². The molecular formula is C27H30FNO4S. The van der Waals surface area contributed by atoms with Crippen molar-refractivity contribution in [1.29, 1.82) is 0 Å². The monoisotopic (exact) mass is 483 g/mol. The van der Waals surface area contributed by atoms with Crippen LogP contribution >= 0.6 is 11.8 Å². The highest BCUT2D eigenvalue weighted by Crippen LogP contribution is 2.49. The van der Waals surface area contributed by atoms with E-state index in [2.05, 4.69) is 12.2 Å². The Balaban J connectivity index is 1.32. The first-order valence-electron chi connectivity index (χ1n) is 11.8. The van der Waals surface area contributed by atoms with E-state index in [0.29, 0.717) is 16.4 Å². The van der Waals surface area contributed by atoms with Gasteiger partial charge in [-0.15, -0.1) is 11.8 Å². The van der Waals surface area contributed by atoms with Gasteiger partial charge in [0.15, 0.2) is 6.10 Å². The zero-order valence-electron chi connectivity index (χ0n) is 19.5. The van der Waals surface area contributed by atoms with Gasteiger partial charge in [0.05, 0.1) is 11.3 Å². The summed E-state index contributed by atoms with van der Waals surface area (Å²) in [5, 5.41) is 3.15. The Kier molecular flexibility index (Phi) is 7.71. The van der Waals surface area contributed by atoms with Gasteiger partial charge in [0, 0.05) is 16.5 Å². The Bertz CT molecular complexity index is 1060. The Labute approximate surface area is 203 Å². The fourth-order valence-electron chi connectivity index (χ4n) is 5.34. The molecule has 1 amide bonds. The molecule has 5 atom stereocenters. The lowest BCUT2D eigenvalue weighted by atomic mass is 9.84. The summed E-state index contributed by atoms with van der Waals surface area (Å²) in [4.78, 5) is 38.5. The Morgan fingerprint density at radius 2 is 1.79 bits per heavy atom. The second-order valence-electron chi connectivity index (χ2n) is 9.40. The number of Topliss-reactive ketones (excluding diaryl/α,β-unsaturated/α-hetero) is 1. The first-order chi connectivity index (χ1) is 16.3. The first-order valence-corrected chi connectivity index (χ1v) is 12.8. The molecule has 2 aromatic carbocycles. The third-order valence-corrected chi connectivity index (χ3v) is 8.14. The van der Waals surface area contributed by atoms with Gasteiger partial charge in [-0.1, -0.05) is 18.6 Å². The van der Waals surface area contributed by atoms with Crippen molar-refractivity contribution in [3.63, 3.8) is 0 Å². The van der Waals surface area contributed by atoms with Gasteiger partial charge < -0.3 is 10.1 Å². The zero-order chi connectivity index (χ0) is 24.2. The topological polar surface area (TPSA) is 72.5 Å². The lowest BCUT2D eigenvalue weighted by Gasteiger charge is -2.28. The fourth-order valence-corrected chi connectivity index (χ4v) is 6.19. The number of fused-ring (bicyclic) bond motifs is 2. The smallest absolute Gasteiger partial charge is 0.339 e. The van der Waals surface area contributed by atoms with Gasteiger partial charge in [0.25, 0.3) is 0 Å². The highest BCUT2D eigenvalue weighted by Gasteiger charge is 2.42. The molecule has 4 rings (SSSR count). The van der Waals surface area contributed by atoms with Gasteiger partial charge in [-0.3, -0.25) is 9.59 Å². The van der Waals surface area contributed by atoms with Crippen molar-refractivity contribution in [2.75, 3.05) is 5.75 Å². The van der Waals surface area contributed by atoms with Crippen LogP contribution in [0.2, 0.25) is 0 Å². The molecule has 2 aliphatic rings. The minimum Gasteiger partial charge on any atom is -0.451 e. The number of hydrogen-bond acceptors (Lipinski definition) is 5. The molecule has 7 heteroatoms. The minimum atomic E-state index is -1.03. The molecule has 0 radical (unpaired) electrons. The summed E-state index contributed by atoms with van der Waals surface area (Å²) in [6.07, 6.45) is 4.10. The van der Waals surface area contributed by atoms with Crippen molar-refractivity contribution in [3.05, 3.63) is 65.5 Å². The van der Waals surface area contributed by atoms with Crippen LogP contribution in [0.25, 0.3) is 0 Å². The van der Waals surface area contributed by atoms with Crippen LogP contribution in [0, 0.1) is 23.6 Å². The number of carbonyl (C=O) groups excluding carboxylic acids is 3. The van der Waals surface area contributed by atoms with Crippen LogP contribution in [0.15, 0.2) is 53.4 Å². The summed E-state index contributed by atoms with van der Waals surface area (Å²) < 4.78 is 18.5. The number of hydrogen-bond donors (Lipinski definition) is 1. The van der Waals surface area contributed by atoms with E-state index >= 15 is 0 Å². The van der Waals surface area contributed by atoms with E-state index in [-0.39, 0.29) is 23.3 Å². The van der Waals surface area contributed by atoms with Crippen molar-refractivity contribution >= 4 is 29.4 Å². The van der Waals surface area contributed by atoms with Crippen LogP contribution in [0.3, 0.4) is 0 Å². The van der Waals surface area contributed by atoms with Gasteiger partial charge in [0.2, 0.25) is 11.7 Å². The van der Waals surface area contributed by atoms with E-state index in [9.17, 15) is 18.8 Å². The normalized spacial score (nSPS) is 22.7. The van der Waals surface area contributed by atoms with Crippen LogP contribution in [0.1, 0.15) is 60.2 Å². The molecule has 34 heavy (non-hydrogen) atoms. The fraction of sp³-hybridized carbons (Fsp3) is 0.444. The van der Waals surface area contributed by atoms with Crippen molar-refractivity contribution in [2.24, 2.45) is 17.8 Å². The van der Waals surface area contributed by atoms with Crippen LogP contribution in [0.4, 0.5) is 4.39 Å². The molecule has 2 aliphatic carbocycles. The van der Waals surface area contributed by atoms with Gasteiger partial charge in [-0.2, -0.15) is 0 Å². The van der Waals surface area contributed by atoms with Crippen molar-refractivity contribution in [1.82, 2.24) is 5.32 Å². The third kappa shape index (κ3) is 5.69. The molecule has 180 valence electrons. The average molecular weight is 484 g/mol. The molecule has 5 nitrogen and oxygen atoms in total. The van der Waals surface area contributed by atoms with Crippen LogP contribution in [0.5, 0.6) is 0 Å². The molecule has 0 aromatic heterocycles. The number of nitrogens with one attached hydrogen (secondary N) is 1. The zero-order valence-corrected chi connectivity index (χ0v) is 20.3. The largest absolute Gasteiger partial charge is 0.451 e. The van der Waals surface area contributed by atoms with Crippen LogP contribution in [-0.2, 0) is 9.53 Å². The highest BCUT2D eigenvalue weighted by atomic mass is 32.2. The predicted molar refractivity (Wildman–Crippen MR) is 129 cm³/mol. The Morgan fingerprint density at radius 1 is 1.06 bits per heavy atom. The molecule has 0 unspecified atom stereocenters. The summed E-state index contributed by atoms with van der Waals surface area (Å²) in [5.41, 5.74) is 0.575. The number of esters is 1. The first kappa shape index (κ1) is 24.5. The summed E-state index contributed by atoms with van der Waals surface area (Å²) in [6.45, 7) is 3.59. The second kappa shape index (κ2) is 10.7.